The standard InChI is InChI=1S/C9H12N2O3/c12-9(13)6-2-1-5-14-7(6)8-10-3-4-11-8/h3-4,6-7H,1-2,5H2,(H,10,11)(H,12,13)/t6-,7-/m1/s1. The molecular formula is C9H12N2O3. The van der Waals surface area contributed by atoms with E-state index >= 15 is 0 Å². The Bertz CT molecular complexity index is 310. The van der Waals surface area contributed by atoms with Crippen LogP contribution in [0, 0.1) is 5.92 Å². The molecule has 0 aliphatic carbocycles. The van der Waals surface area contributed by atoms with E-state index in [1.165, 1.54) is 0 Å². The first kappa shape index (κ1) is 9.21. The molecule has 5 nitrogen and oxygen atoms in total. The number of H-pyrrole nitrogens is 1. The molecule has 1 aromatic rings. The van der Waals surface area contributed by atoms with Gasteiger partial charge in [0.05, 0.1) is 5.92 Å². The van der Waals surface area contributed by atoms with Crippen molar-refractivity contribution < 1.29 is 14.6 Å². The lowest BCUT2D eigenvalue weighted by atomic mass is 9.94. The number of nitrogens with zero attached hydrogens (tertiary/aromatic N) is 1. The maximum absolute atomic E-state index is 10.9. The van der Waals surface area contributed by atoms with Gasteiger partial charge in [0.25, 0.3) is 0 Å². The molecule has 0 radical (unpaired) electrons. The van der Waals surface area contributed by atoms with E-state index in [-0.39, 0.29) is 0 Å². The Kier molecular flexibility index (Phi) is 2.49. The highest BCUT2D eigenvalue weighted by Crippen LogP contribution is 2.31. The fraction of sp³-hybridized carbons (Fsp3) is 0.556. The summed E-state index contributed by atoms with van der Waals surface area (Å²) >= 11 is 0. The van der Waals surface area contributed by atoms with E-state index in [1.54, 1.807) is 12.4 Å². The summed E-state index contributed by atoms with van der Waals surface area (Å²) in [6.45, 7) is 0.606. The molecule has 0 saturated carbocycles. The summed E-state index contributed by atoms with van der Waals surface area (Å²) in [7, 11) is 0. The van der Waals surface area contributed by atoms with Crippen LogP contribution in [0.25, 0.3) is 0 Å². The smallest absolute Gasteiger partial charge is 0.309 e. The zero-order valence-corrected chi connectivity index (χ0v) is 7.64. The van der Waals surface area contributed by atoms with Crippen LogP contribution in [0.4, 0.5) is 0 Å². The summed E-state index contributed by atoms with van der Waals surface area (Å²) in [4.78, 5) is 17.9. The first-order valence-corrected chi connectivity index (χ1v) is 4.62. The predicted octanol–water partition coefficient (Wildman–Crippen LogP) is 0.962. The van der Waals surface area contributed by atoms with Gasteiger partial charge in [0.2, 0.25) is 0 Å². The molecule has 0 amide bonds. The summed E-state index contributed by atoms with van der Waals surface area (Å²) in [6.07, 6.45) is 4.31. The average molecular weight is 196 g/mol. The molecule has 0 spiro atoms. The molecule has 2 atom stereocenters. The zero-order chi connectivity index (χ0) is 9.97. The van der Waals surface area contributed by atoms with Crippen LogP contribution in [0.3, 0.4) is 0 Å². The number of ether oxygens (including phenoxy) is 1. The molecule has 2 N–H and O–H groups in total. The minimum absolute atomic E-state index is 0.420. The number of carboxylic acids is 1. The lowest BCUT2D eigenvalue weighted by Crippen LogP contribution is -2.29. The van der Waals surface area contributed by atoms with Crippen molar-refractivity contribution >= 4 is 5.97 Å². The molecule has 1 aliphatic rings. The second kappa shape index (κ2) is 3.79. The number of nitrogens with one attached hydrogen (secondary N) is 1. The van der Waals surface area contributed by atoms with E-state index < -0.39 is 18.0 Å². The Hall–Kier alpha value is -1.36. The summed E-state index contributed by atoms with van der Waals surface area (Å²) in [5, 5.41) is 8.99. The minimum atomic E-state index is -0.814. The Morgan fingerprint density at radius 2 is 2.57 bits per heavy atom. The molecule has 0 bridgehead atoms. The Morgan fingerprint density at radius 1 is 1.71 bits per heavy atom. The topological polar surface area (TPSA) is 75.2 Å². The van der Waals surface area contributed by atoms with Crippen LogP contribution in [0.2, 0.25) is 0 Å². The van der Waals surface area contributed by atoms with Gasteiger partial charge in [-0.2, -0.15) is 0 Å². The monoisotopic (exact) mass is 196 g/mol. The molecule has 0 aromatic carbocycles. The highest BCUT2D eigenvalue weighted by Gasteiger charge is 2.34. The van der Waals surface area contributed by atoms with Crippen molar-refractivity contribution in [3.05, 3.63) is 18.2 Å². The lowest BCUT2D eigenvalue weighted by Gasteiger charge is -2.27. The molecule has 1 aliphatic heterocycles. The van der Waals surface area contributed by atoms with E-state index in [1.807, 2.05) is 0 Å². The van der Waals surface area contributed by atoms with Crippen molar-refractivity contribution in [3.63, 3.8) is 0 Å². The first-order chi connectivity index (χ1) is 6.79. The molecule has 1 aromatic heterocycles. The fourth-order valence-corrected chi connectivity index (χ4v) is 1.74. The van der Waals surface area contributed by atoms with E-state index in [0.717, 1.165) is 6.42 Å². The number of hydrogen-bond acceptors (Lipinski definition) is 3. The molecule has 5 heteroatoms. The van der Waals surface area contributed by atoms with E-state index in [4.69, 9.17) is 9.84 Å². The van der Waals surface area contributed by atoms with Gasteiger partial charge in [-0.1, -0.05) is 0 Å². The number of imidazole rings is 1. The Labute approximate surface area is 81.1 Å². The highest BCUT2D eigenvalue weighted by molar-refractivity contribution is 5.71. The maximum Gasteiger partial charge on any atom is 0.309 e. The van der Waals surface area contributed by atoms with E-state index in [2.05, 4.69) is 9.97 Å². The number of carboxylic acid groups (broad SMARTS) is 1. The van der Waals surface area contributed by atoms with Crippen LogP contribution in [0.5, 0.6) is 0 Å². The van der Waals surface area contributed by atoms with Gasteiger partial charge >= 0.3 is 5.97 Å². The van der Waals surface area contributed by atoms with Crippen molar-refractivity contribution in [2.75, 3.05) is 6.61 Å². The number of rotatable bonds is 2. The molecule has 1 saturated heterocycles. The summed E-state index contributed by atoms with van der Waals surface area (Å²) in [6, 6.07) is 0. The van der Waals surface area contributed by atoms with Gasteiger partial charge in [-0.15, -0.1) is 0 Å². The van der Waals surface area contributed by atoms with Gasteiger partial charge in [-0.3, -0.25) is 4.79 Å². The quantitative estimate of drug-likeness (QED) is 0.738. The average Bonchev–Trinajstić information content (AvgIpc) is 2.70. The Morgan fingerprint density at radius 3 is 3.21 bits per heavy atom. The van der Waals surface area contributed by atoms with Gasteiger partial charge in [0.1, 0.15) is 11.9 Å². The summed E-state index contributed by atoms with van der Waals surface area (Å²) < 4.78 is 5.42. The van der Waals surface area contributed by atoms with E-state index in [0.29, 0.717) is 18.9 Å². The molecule has 1 fully saturated rings. The molecular weight excluding hydrogens is 184 g/mol. The van der Waals surface area contributed by atoms with Gasteiger partial charge in [-0.25, -0.2) is 4.98 Å². The first-order valence-electron chi connectivity index (χ1n) is 4.62. The molecule has 76 valence electrons. The van der Waals surface area contributed by atoms with Crippen molar-refractivity contribution in [3.8, 4) is 0 Å². The van der Waals surface area contributed by atoms with Gasteiger partial charge in [0, 0.05) is 19.0 Å². The summed E-state index contributed by atoms with van der Waals surface area (Å²) in [5.74, 6) is -0.682. The third-order valence-corrected chi connectivity index (χ3v) is 2.43. The van der Waals surface area contributed by atoms with Crippen molar-refractivity contribution in [1.82, 2.24) is 9.97 Å². The van der Waals surface area contributed by atoms with Crippen LogP contribution in [0.15, 0.2) is 12.4 Å². The number of aliphatic carboxylic acids is 1. The molecule has 0 unspecified atom stereocenters. The van der Waals surface area contributed by atoms with Crippen molar-refractivity contribution in [2.24, 2.45) is 5.92 Å². The zero-order valence-electron chi connectivity index (χ0n) is 7.64. The largest absolute Gasteiger partial charge is 0.481 e. The number of carbonyl (C=O) groups is 1. The van der Waals surface area contributed by atoms with E-state index in [9.17, 15) is 4.79 Å². The van der Waals surface area contributed by atoms with Gasteiger partial charge < -0.3 is 14.8 Å². The van der Waals surface area contributed by atoms with Crippen molar-refractivity contribution in [2.45, 2.75) is 18.9 Å². The van der Waals surface area contributed by atoms with Crippen LogP contribution in [-0.2, 0) is 9.53 Å². The van der Waals surface area contributed by atoms with Crippen LogP contribution in [-0.4, -0.2) is 27.7 Å². The number of aromatic nitrogens is 2. The maximum atomic E-state index is 10.9. The van der Waals surface area contributed by atoms with Gasteiger partial charge in [-0.05, 0) is 12.8 Å². The number of aromatic amines is 1. The van der Waals surface area contributed by atoms with Crippen molar-refractivity contribution in [1.29, 1.82) is 0 Å². The third kappa shape index (κ3) is 1.63. The van der Waals surface area contributed by atoms with Gasteiger partial charge in [0.15, 0.2) is 0 Å². The second-order valence-electron chi connectivity index (χ2n) is 3.35. The minimum Gasteiger partial charge on any atom is -0.481 e. The molecule has 2 rings (SSSR count). The second-order valence-corrected chi connectivity index (χ2v) is 3.35. The summed E-state index contributed by atoms with van der Waals surface area (Å²) in [5.41, 5.74) is 0. The van der Waals surface area contributed by atoms with Crippen LogP contribution >= 0.6 is 0 Å². The molecule has 14 heavy (non-hydrogen) atoms. The third-order valence-electron chi connectivity index (χ3n) is 2.43. The fourth-order valence-electron chi connectivity index (χ4n) is 1.74. The van der Waals surface area contributed by atoms with Crippen LogP contribution in [0.1, 0.15) is 24.8 Å². The lowest BCUT2D eigenvalue weighted by molar-refractivity contribution is -0.152. The highest BCUT2D eigenvalue weighted by atomic mass is 16.5. The predicted molar refractivity (Wildman–Crippen MR) is 47.6 cm³/mol. The number of hydrogen-bond donors (Lipinski definition) is 2. The SMILES string of the molecule is O=C(O)[C@@H]1CCCO[C@H]1c1ncc[nH]1. The van der Waals surface area contributed by atoms with Crippen LogP contribution < -0.4 is 0 Å². The molecule has 2 heterocycles. The Balaban J connectivity index is 2.18. The normalized spacial score (nSPS) is 27.4.